The van der Waals surface area contributed by atoms with Gasteiger partial charge in [-0.1, -0.05) is 0 Å². The fraction of sp³-hybridized carbons (Fsp3) is 0.500. The van der Waals surface area contributed by atoms with E-state index in [-0.39, 0.29) is 11.8 Å². The Kier molecular flexibility index (Phi) is 3.99. The number of nitro groups is 1. The largest absolute Gasteiger partial charge is 0.496 e. The zero-order valence-corrected chi connectivity index (χ0v) is 10.2. The number of non-ortho nitro benzene ring substituents is 1. The molecule has 0 saturated carbocycles. The van der Waals surface area contributed by atoms with Crippen molar-refractivity contribution in [2.24, 2.45) is 0 Å². The summed E-state index contributed by atoms with van der Waals surface area (Å²) in [7, 11) is 1.48. The monoisotopic (exact) mass is 252 g/mol. The summed E-state index contributed by atoms with van der Waals surface area (Å²) in [6.07, 6.45) is 2.07. The average molecular weight is 252 g/mol. The van der Waals surface area contributed by atoms with Gasteiger partial charge in [0, 0.05) is 12.6 Å². The number of nitrogens with zero attached hydrogens (tertiary/aromatic N) is 1. The molecule has 18 heavy (non-hydrogen) atoms. The number of methoxy groups -OCH3 is 1. The van der Waals surface area contributed by atoms with Crippen molar-refractivity contribution < 1.29 is 14.4 Å². The SMILES string of the molecule is COc1cc(O[C@H]2CCCNC2)cc([N+](=O)[O-])c1. The van der Waals surface area contributed by atoms with Crippen molar-refractivity contribution >= 4 is 5.69 Å². The van der Waals surface area contributed by atoms with E-state index in [2.05, 4.69) is 5.32 Å². The second kappa shape index (κ2) is 5.68. The second-order valence-corrected chi connectivity index (χ2v) is 4.21. The number of hydrogen-bond donors (Lipinski definition) is 1. The van der Waals surface area contributed by atoms with Gasteiger partial charge in [-0.25, -0.2) is 0 Å². The van der Waals surface area contributed by atoms with Gasteiger partial charge in [0.05, 0.1) is 24.2 Å². The Labute approximate surface area is 105 Å². The van der Waals surface area contributed by atoms with Gasteiger partial charge in [-0.15, -0.1) is 0 Å². The summed E-state index contributed by atoms with van der Waals surface area (Å²) in [6, 6.07) is 4.48. The molecular weight excluding hydrogens is 236 g/mol. The van der Waals surface area contributed by atoms with Crippen LogP contribution in [0.15, 0.2) is 18.2 Å². The molecule has 0 aliphatic carbocycles. The van der Waals surface area contributed by atoms with Gasteiger partial charge < -0.3 is 14.8 Å². The lowest BCUT2D eigenvalue weighted by Gasteiger charge is -2.24. The van der Waals surface area contributed by atoms with Crippen molar-refractivity contribution in [1.29, 1.82) is 0 Å². The zero-order valence-electron chi connectivity index (χ0n) is 10.2. The third kappa shape index (κ3) is 3.10. The lowest BCUT2D eigenvalue weighted by atomic mass is 10.1. The van der Waals surface area contributed by atoms with Crippen LogP contribution in [-0.2, 0) is 0 Å². The Morgan fingerprint density at radius 1 is 1.39 bits per heavy atom. The van der Waals surface area contributed by atoms with Gasteiger partial charge in [0.25, 0.3) is 5.69 Å². The predicted molar refractivity (Wildman–Crippen MR) is 66.2 cm³/mol. The van der Waals surface area contributed by atoms with Crippen LogP contribution in [0.5, 0.6) is 11.5 Å². The van der Waals surface area contributed by atoms with Gasteiger partial charge >= 0.3 is 0 Å². The highest BCUT2D eigenvalue weighted by Gasteiger charge is 2.17. The first-order chi connectivity index (χ1) is 8.69. The van der Waals surface area contributed by atoms with E-state index in [0.29, 0.717) is 11.5 Å². The first-order valence-electron chi connectivity index (χ1n) is 5.90. The third-order valence-electron chi connectivity index (χ3n) is 2.87. The van der Waals surface area contributed by atoms with Crippen LogP contribution in [0, 0.1) is 10.1 Å². The van der Waals surface area contributed by atoms with Crippen molar-refractivity contribution in [1.82, 2.24) is 5.32 Å². The Morgan fingerprint density at radius 2 is 2.17 bits per heavy atom. The van der Waals surface area contributed by atoms with E-state index < -0.39 is 4.92 Å². The van der Waals surface area contributed by atoms with E-state index in [4.69, 9.17) is 9.47 Å². The molecule has 0 amide bonds. The topological polar surface area (TPSA) is 73.6 Å². The maximum Gasteiger partial charge on any atom is 0.276 e. The average Bonchev–Trinajstić information content (AvgIpc) is 2.39. The first kappa shape index (κ1) is 12.6. The van der Waals surface area contributed by atoms with Gasteiger partial charge in [0.1, 0.15) is 17.6 Å². The Bertz CT molecular complexity index is 430. The fourth-order valence-corrected chi connectivity index (χ4v) is 1.96. The van der Waals surface area contributed by atoms with Gasteiger partial charge in [0.15, 0.2) is 0 Å². The smallest absolute Gasteiger partial charge is 0.276 e. The van der Waals surface area contributed by atoms with Crippen LogP contribution >= 0.6 is 0 Å². The van der Waals surface area contributed by atoms with Gasteiger partial charge in [-0.2, -0.15) is 0 Å². The molecular formula is C12H16N2O4. The highest BCUT2D eigenvalue weighted by Crippen LogP contribution is 2.28. The summed E-state index contributed by atoms with van der Waals surface area (Å²) in [5, 5.41) is 14.0. The molecule has 0 radical (unpaired) electrons. The highest BCUT2D eigenvalue weighted by atomic mass is 16.6. The van der Waals surface area contributed by atoms with E-state index >= 15 is 0 Å². The van der Waals surface area contributed by atoms with Crippen LogP contribution in [0.1, 0.15) is 12.8 Å². The minimum atomic E-state index is -0.450. The summed E-state index contributed by atoms with van der Waals surface area (Å²) in [5.41, 5.74) is -0.0203. The van der Waals surface area contributed by atoms with Crippen molar-refractivity contribution in [3.63, 3.8) is 0 Å². The van der Waals surface area contributed by atoms with Crippen molar-refractivity contribution in [2.75, 3.05) is 20.2 Å². The molecule has 1 aliphatic heterocycles. The number of nitro benzene ring substituents is 1. The third-order valence-corrected chi connectivity index (χ3v) is 2.87. The number of ether oxygens (including phenoxy) is 2. The molecule has 1 heterocycles. The summed E-state index contributed by atoms with van der Waals surface area (Å²) in [5.74, 6) is 0.915. The molecule has 1 N–H and O–H groups in total. The number of hydrogen-bond acceptors (Lipinski definition) is 5. The number of rotatable bonds is 4. The van der Waals surface area contributed by atoms with Crippen LogP contribution in [0.25, 0.3) is 0 Å². The fourth-order valence-electron chi connectivity index (χ4n) is 1.96. The van der Waals surface area contributed by atoms with E-state index in [1.54, 1.807) is 6.07 Å². The van der Waals surface area contributed by atoms with Gasteiger partial charge in [-0.3, -0.25) is 10.1 Å². The standard InChI is InChI=1S/C12H16N2O4/c1-17-11-5-9(14(15)16)6-12(7-11)18-10-3-2-4-13-8-10/h5-7,10,13H,2-4,8H2,1H3/t10-/m0/s1. The van der Waals surface area contributed by atoms with Crippen LogP contribution in [-0.4, -0.2) is 31.2 Å². The molecule has 1 aliphatic rings. The van der Waals surface area contributed by atoms with Crippen LogP contribution in [0.4, 0.5) is 5.69 Å². The minimum Gasteiger partial charge on any atom is -0.496 e. The molecule has 0 bridgehead atoms. The Morgan fingerprint density at radius 3 is 2.78 bits per heavy atom. The van der Waals surface area contributed by atoms with Crippen molar-refractivity contribution in [3.8, 4) is 11.5 Å². The highest BCUT2D eigenvalue weighted by molar-refractivity contribution is 5.46. The van der Waals surface area contributed by atoms with Crippen molar-refractivity contribution in [2.45, 2.75) is 18.9 Å². The maximum atomic E-state index is 10.8. The molecule has 0 spiro atoms. The summed E-state index contributed by atoms with van der Waals surface area (Å²) in [4.78, 5) is 10.3. The molecule has 1 saturated heterocycles. The molecule has 98 valence electrons. The quantitative estimate of drug-likeness (QED) is 0.652. The van der Waals surface area contributed by atoms with E-state index in [9.17, 15) is 10.1 Å². The maximum absolute atomic E-state index is 10.8. The molecule has 1 aromatic carbocycles. The first-order valence-corrected chi connectivity index (χ1v) is 5.90. The van der Waals surface area contributed by atoms with Gasteiger partial charge in [0.2, 0.25) is 0 Å². The molecule has 0 unspecified atom stereocenters. The number of piperidine rings is 1. The van der Waals surface area contributed by atoms with E-state index in [0.717, 1.165) is 25.9 Å². The molecule has 6 nitrogen and oxygen atoms in total. The second-order valence-electron chi connectivity index (χ2n) is 4.21. The molecule has 2 rings (SSSR count). The van der Waals surface area contributed by atoms with Crippen LogP contribution < -0.4 is 14.8 Å². The van der Waals surface area contributed by atoms with Crippen LogP contribution in [0.2, 0.25) is 0 Å². The number of nitrogens with one attached hydrogen (secondary N) is 1. The minimum absolute atomic E-state index is 0.0203. The molecule has 1 fully saturated rings. The van der Waals surface area contributed by atoms with E-state index in [1.807, 2.05) is 0 Å². The lowest BCUT2D eigenvalue weighted by molar-refractivity contribution is -0.385. The summed E-state index contributed by atoms with van der Waals surface area (Å²) < 4.78 is 10.8. The molecule has 6 heteroatoms. The normalized spacial score (nSPS) is 19.3. The Balaban J connectivity index is 2.15. The predicted octanol–water partition coefficient (Wildman–Crippen LogP) is 1.73. The molecule has 1 aromatic rings. The van der Waals surface area contributed by atoms with Crippen LogP contribution in [0.3, 0.4) is 0 Å². The Hall–Kier alpha value is -1.82. The number of benzene rings is 1. The van der Waals surface area contributed by atoms with E-state index in [1.165, 1.54) is 19.2 Å². The molecule has 0 aromatic heterocycles. The summed E-state index contributed by atoms with van der Waals surface area (Å²) in [6.45, 7) is 1.77. The lowest BCUT2D eigenvalue weighted by Crippen LogP contribution is -2.37. The zero-order chi connectivity index (χ0) is 13.0. The van der Waals surface area contributed by atoms with Gasteiger partial charge in [-0.05, 0) is 19.4 Å². The summed E-state index contributed by atoms with van der Waals surface area (Å²) >= 11 is 0. The molecule has 1 atom stereocenters. The van der Waals surface area contributed by atoms with Crippen molar-refractivity contribution in [3.05, 3.63) is 28.3 Å².